The van der Waals surface area contributed by atoms with Crippen molar-refractivity contribution in [3.05, 3.63) is 30.3 Å². The normalized spacial score (nSPS) is 24.3. The number of nitrogens with one attached hydrogen (secondary N) is 2. The summed E-state index contributed by atoms with van der Waals surface area (Å²) >= 11 is 0. The Labute approximate surface area is 139 Å². The van der Waals surface area contributed by atoms with E-state index >= 15 is 0 Å². The molecule has 1 atom stereocenters. The second-order valence-electron chi connectivity index (χ2n) is 6.81. The van der Waals surface area contributed by atoms with E-state index in [4.69, 9.17) is 0 Å². The zero-order chi connectivity index (χ0) is 16.3. The van der Waals surface area contributed by atoms with Gasteiger partial charge < -0.3 is 5.32 Å². The quantitative estimate of drug-likeness (QED) is 0.834. The lowest BCUT2D eigenvalue weighted by molar-refractivity contribution is 0.151. The van der Waals surface area contributed by atoms with Gasteiger partial charge >= 0.3 is 0 Å². The third kappa shape index (κ3) is 3.70. The summed E-state index contributed by atoms with van der Waals surface area (Å²) in [6.45, 7) is 1.61. The highest BCUT2D eigenvalue weighted by Gasteiger charge is 2.48. The van der Waals surface area contributed by atoms with Gasteiger partial charge in [0.2, 0.25) is 10.0 Å². The SMILES string of the molecule is CN1CCC(NCCS(=O)(=O)Nc2ccccc2)C12CCCC2. The summed E-state index contributed by atoms with van der Waals surface area (Å²) < 4.78 is 27.0. The molecule has 2 fully saturated rings. The molecule has 1 aromatic rings. The zero-order valence-electron chi connectivity index (χ0n) is 13.8. The second kappa shape index (κ2) is 6.79. The topological polar surface area (TPSA) is 61.4 Å². The number of hydrogen-bond acceptors (Lipinski definition) is 4. The first-order valence-electron chi connectivity index (χ1n) is 8.52. The predicted molar refractivity (Wildman–Crippen MR) is 94.1 cm³/mol. The van der Waals surface area contributed by atoms with Gasteiger partial charge in [-0.3, -0.25) is 9.62 Å². The van der Waals surface area contributed by atoms with Crippen LogP contribution in [-0.4, -0.2) is 50.8 Å². The Balaban J connectivity index is 1.53. The van der Waals surface area contributed by atoms with Crippen molar-refractivity contribution in [2.45, 2.75) is 43.7 Å². The molecule has 1 aliphatic carbocycles. The summed E-state index contributed by atoms with van der Waals surface area (Å²) in [6, 6.07) is 9.48. The number of nitrogens with zero attached hydrogens (tertiary/aromatic N) is 1. The Kier molecular flexibility index (Phi) is 4.94. The van der Waals surface area contributed by atoms with Gasteiger partial charge in [0.25, 0.3) is 0 Å². The van der Waals surface area contributed by atoms with Crippen LogP contribution in [0.4, 0.5) is 5.69 Å². The van der Waals surface area contributed by atoms with E-state index < -0.39 is 10.0 Å². The highest BCUT2D eigenvalue weighted by molar-refractivity contribution is 7.92. The molecule has 23 heavy (non-hydrogen) atoms. The lowest BCUT2D eigenvalue weighted by Crippen LogP contribution is -2.52. The number of hydrogen-bond donors (Lipinski definition) is 2. The lowest BCUT2D eigenvalue weighted by atomic mass is 9.89. The number of para-hydroxylation sites is 1. The fourth-order valence-electron chi connectivity index (χ4n) is 4.19. The van der Waals surface area contributed by atoms with Crippen molar-refractivity contribution < 1.29 is 8.42 Å². The molecule has 1 aliphatic heterocycles. The van der Waals surface area contributed by atoms with Gasteiger partial charge in [0.1, 0.15) is 0 Å². The summed E-state index contributed by atoms with van der Waals surface area (Å²) in [7, 11) is -1.09. The maximum absolute atomic E-state index is 12.2. The smallest absolute Gasteiger partial charge is 0.233 e. The van der Waals surface area contributed by atoms with Gasteiger partial charge in [0, 0.05) is 23.8 Å². The monoisotopic (exact) mass is 337 g/mol. The minimum atomic E-state index is -3.30. The molecule has 0 amide bonds. The van der Waals surface area contributed by atoms with Crippen LogP contribution in [0.15, 0.2) is 30.3 Å². The molecule has 1 aromatic carbocycles. The number of sulfonamides is 1. The van der Waals surface area contributed by atoms with Crippen LogP contribution in [0.1, 0.15) is 32.1 Å². The highest BCUT2D eigenvalue weighted by Crippen LogP contribution is 2.42. The van der Waals surface area contributed by atoms with Crippen LogP contribution < -0.4 is 10.0 Å². The third-order valence-corrected chi connectivity index (χ3v) is 6.73. The van der Waals surface area contributed by atoms with E-state index in [1.807, 2.05) is 18.2 Å². The minimum Gasteiger partial charge on any atom is -0.311 e. The van der Waals surface area contributed by atoms with Crippen LogP contribution >= 0.6 is 0 Å². The molecule has 1 spiro atoms. The first kappa shape index (κ1) is 16.7. The van der Waals surface area contributed by atoms with E-state index in [0.717, 1.165) is 13.0 Å². The van der Waals surface area contributed by atoms with Crippen LogP contribution in [0, 0.1) is 0 Å². The van der Waals surface area contributed by atoms with Crippen molar-refractivity contribution >= 4 is 15.7 Å². The van der Waals surface area contributed by atoms with E-state index in [2.05, 4.69) is 22.0 Å². The lowest BCUT2D eigenvalue weighted by Gasteiger charge is -2.37. The van der Waals surface area contributed by atoms with Crippen LogP contribution in [0.2, 0.25) is 0 Å². The molecule has 1 unspecified atom stereocenters. The summed E-state index contributed by atoms with van der Waals surface area (Å²) in [6.07, 6.45) is 6.15. The molecule has 0 radical (unpaired) electrons. The molecule has 128 valence electrons. The zero-order valence-corrected chi connectivity index (χ0v) is 14.6. The van der Waals surface area contributed by atoms with Gasteiger partial charge in [-0.2, -0.15) is 0 Å². The maximum atomic E-state index is 12.2. The molecule has 3 rings (SSSR count). The molecule has 2 N–H and O–H groups in total. The summed E-state index contributed by atoms with van der Waals surface area (Å²) in [5, 5.41) is 3.53. The summed E-state index contributed by atoms with van der Waals surface area (Å²) in [4.78, 5) is 2.48. The van der Waals surface area contributed by atoms with Crippen LogP contribution in [-0.2, 0) is 10.0 Å². The molecule has 1 heterocycles. The Morgan fingerprint density at radius 3 is 2.61 bits per heavy atom. The first-order valence-corrected chi connectivity index (χ1v) is 10.2. The molecule has 1 saturated heterocycles. The van der Waals surface area contributed by atoms with Crippen molar-refractivity contribution in [3.63, 3.8) is 0 Å². The number of anilines is 1. The third-order valence-electron chi connectivity index (χ3n) is 5.44. The van der Waals surface area contributed by atoms with Crippen molar-refractivity contribution in [1.82, 2.24) is 10.2 Å². The van der Waals surface area contributed by atoms with Gasteiger partial charge in [-0.15, -0.1) is 0 Å². The van der Waals surface area contributed by atoms with Gasteiger partial charge in [-0.05, 0) is 45.0 Å². The summed E-state index contributed by atoms with van der Waals surface area (Å²) in [5.41, 5.74) is 0.886. The molecule has 0 bridgehead atoms. The van der Waals surface area contributed by atoms with Gasteiger partial charge in [-0.1, -0.05) is 31.0 Å². The largest absolute Gasteiger partial charge is 0.311 e. The van der Waals surface area contributed by atoms with E-state index in [0.29, 0.717) is 18.3 Å². The fourth-order valence-corrected chi connectivity index (χ4v) is 5.18. The number of benzene rings is 1. The highest BCUT2D eigenvalue weighted by atomic mass is 32.2. The van der Waals surface area contributed by atoms with Crippen LogP contribution in [0.25, 0.3) is 0 Å². The average Bonchev–Trinajstić information content (AvgIpc) is 3.11. The fraction of sp³-hybridized carbons (Fsp3) is 0.647. The predicted octanol–water partition coefficient (Wildman–Crippen LogP) is 2.03. The van der Waals surface area contributed by atoms with Crippen LogP contribution in [0.5, 0.6) is 0 Å². The molecule has 1 saturated carbocycles. The number of rotatable bonds is 6. The molecule has 6 heteroatoms. The molecule has 5 nitrogen and oxygen atoms in total. The molecule has 0 aromatic heterocycles. The first-order chi connectivity index (χ1) is 11.0. The molecular formula is C17H27N3O2S. The van der Waals surface area contributed by atoms with Crippen molar-refractivity contribution in [2.24, 2.45) is 0 Å². The Bertz CT molecular complexity index is 612. The Morgan fingerprint density at radius 1 is 1.22 bits per heavy atom. The van der Waals surface area contributed by atoms with Crippen molar-refractivity contribution in [2.75, 3.05) is 30.6 Å². The Morgan fingerprint density at radius 2 is 1.91 bits per heavy atom. The summed E-state index contributed by atoms with van der Waals surface area (Å²) in [5.74, 6) is 0.109. The van der Waals surface area contributed by atoms with Gasteiger partial charge in [0.05, 0.1) is 5.75 Å². The molecular weight excluding hydrogens is 310 g/mol. The van der Waals surface area contributed by atoms with E-state index in [1.165, 1.54) is 25.7 Å². The number of likely N-dealkylation sites (tertiary alicyclic amines) is 1. The number of likely N-dealkylation sites (N-methyl/N-ethyl adjacent to an activating group) is 1. The maximum Gasteiger partial charge on any atom is 0.233 e. The Hall–Kier alpha value is -1.11. The second-order valence-corrected chi connectivity index (χ2v) is 8.66. The average molecular weight is 337 g/mol. The van der Waals surface area contributed by atoms with Gasteiger partial charge in [0.15, 0.2) is 0 Å². The van der Waals surface area contributed by atoms with E-state index in [1.54, 1.807) is 12.1 Å². The minimum absolute atomic E-state index is 0.109. The van der Waals surface area contributed by atoms with Crippen molar-refractivity contribution in [1.29, 1.82) is 0 Å². The van der Waals surface area contributed by atoms with E-state index in [-0.39, 0.29) is 11.3 Å². The standard InChI is InChI=1S/C17H27N3O2S/c1-20-13-9-16(17(20)10-5-6-11-17)18-12-14-23(21,22)19-15-7-3-2-4-8-15/h2-4,7-8,16,18-19H,5-6,9-14H2,1H3. The molecule has 2 aliphatic rings. The van der Waals surface area contributed by atoms with Crippen LogP contribution in [0.3, 0.4) is 0 Å². The van der Waals surface area contributed by atoms with Gasteiger partial charge in [-0.25, -0.2) is 8.42 Å². The van der Waals surface area contributed by atoms with Crippen molar-refractivity contribution in [3.8, 4) is 0 Å². The van der Waals surface area contributed by atoms with E-state index in [9.17, 15) is 8.42 Å².